The van der Waals surface area contributed by atoms with Crippen LogP contribution >= 0.6 is 0 Å². The zero-order chi connectivity index (χ0) is 20.3. The van der Waals surface area contributed by atoms with Crippen LogP contribution in [0.4, 0.5) is 5.82 Å². The van der Waals surface area contributed by atoms with E-state index >= 15 is 0 Å². The van der Waals surface area contributed by atoms with E-state index in [1.165, 1.54) is 12.8 Å². The number of aromatic nitrogens is 5. The summed E-state index contributed by atoms with van der Waals surface area (Å²) in [4.78, 5) is 23.5. The minimum absolute atomic E-state index is 0.248. The molecule has 1 saturated heterocycles. The van der Waals surface area contributed by atoms with Crippen LogP contribution in [0.25, 0.3) is 22.4 Å². The lowest BCUT2D eigenvalue weighted by Crippen LogP contribution is -2.27. The first-order chi connectivity index (χ1) is 14.8. The third kappa shape index (κ3) is 3.49. The zero-order valence-corrected chi connectivity index (χ0v) is 16.4. The van der Waals surface area contributed by atoms with E-state index in [0.29, 0.717) is 18.8 Å². The molecule has 0 bridgehead atoms. The van der Waals surface area contributed by atoms with Gasteiger partial charge in [0.15, 0.2) is 17.1 Å². The van der Waals surface area contributed by atoms with E-state index in [-0.39, 0.29) is 11.6 Å². The number of rotatable bonds is 6. The minimum atomic E-state index is -0.287. The fourth-order valence-electron chi connectivity index (χ4n) is 3.71. The number of benzene rings is 1. The highest BCUT2D eigenvalue weighted by atomic mass is 16.5. The molecule has 0 spiro atoms. The normalized spacial score (nSPS) is 13.8. The Morgan fingerprint density at radius 3 is 2.80 bits per heavy atom. The molecule has 4 aromatic rings. The predicted octanol–water partition coefficient (Wildman–Crippen LogP) is 2.51. The molecule has 0 aliphatic carbocycles. The molecule has 152 valence electrons. The van der Waals surface area contributed by atoms with E-state index in [9.17, 15) is 4.79 Å². The van der Waals surface area contributed by atoms with Crippen LogP contribution in [0.3, 0.4) is 0 Å². The average Bonchev–Trinajstić information content (AvgIpc) is 3.55. The summed E-state index contributed by atoms with van der Waals surface area (Å²) in [6, 6.07) is 11.2. The van der Waals surface area contributed by atoms with Gasteiger partial charge in [-0.1, -0.05) is 35.5 Å². The molecule has 3 aromatic heterocycles. The first kappa shape index (κ1) is 18.3. The molecule has 1 aliphatic rings. The van der Waals surface area contributed by atoms with Crippen LogP contribution in [0, 0.1) is 0 Å². The maximum absolute atomic E-state index is 12.4. The van der Waals surface area contributed by atoms with Gasteiger partial charge in [0.25, 0.3) is 5.91 Å². The van der Waals surface area contributed by atoms with Crippen LogP contribution in [-0.4, -0.2) is 50.4 Å². The number of nitrogens with zero attached hydrogens (tertiary/aromatic N) is 6. The van der Waals surface area contributed by atoms with Crippen molar-refractivity contribution in [2.45, 2.75) is 19.4 Å². The highest BCUT2D eigenvalue weighted by molar-refractivity contribution is 5.93. The van der Waals surface area contributed by atoms with E-state index in [1.54, 1.807) is 23.3 Å². The lowest BCUT2D eigenvalue weighted by atomic mass is 10.1. The molecule has 0 atom stereocenters. The summed E-state index contributed by atoms with van der Waals surface area (Å²) in [7, 11) is 0. The SMILES string of the molecule is O=C(NCCn1ncc2c(N3CCCC3)ncnc21)c1cc(-c2ccccc2)on1. The van der Waals surface area contributed by atoms with Gasteiger partial charge < -0.3 is 14.7 Å². The van der Waals surface area contributed by atoms with E-state index in [4.69, 9.17) is 4.52 Å². The number of amides is 1. The first-order valence-electron chi connectivity index (χ1n) is 10.0. The van der Waals surface area contributed by atoms with Crippen molar-refractivity contribution < 1.29 is 9.32 Å². The van der Waals surface area contributed by atoms with Gasteiger partial charge in [-0.15, -0.1) is 0 Å². The Hall–Kier alpha value is -3.75. The van der Waals surface area contributed by atoms with Gasteiger partial charge in [-0.05, 0) is 12.8 Å². The summed E-state index contributed by atoms with van der Waals surface area (Å²) in [5.41, 5.74) is 1.90. The van der Waals surface area contributed by atoms with Crippen LogP contribution < -0.4 is 10.2 Å². The molecule has 1 fully saturated rings. The second-order valence-electron chi connectivity index (χ2n) is 7.19. The predicted molar refractivity (Wildman–Crippen MR) is 111 cm³/mol. The van der Waals surface area contributed by atoms with Crippen molar-refractivity contribution in [1.82, 2.24) is 30.2 Å². The minimum Gasteiger partial charge on any atom is -0.356 e. The van der Waals surface area contributed by atoms with Crippen LogP contribution in [-0.2, 0) is 6.54 Å². The van der Waals surface area contributed by atoms with Gasteiger partial charge in [-0.25, -0.2) is 14.6 Å². The number of carbonyl (C=O) groups is 1. The smallest absolute Gasteiger partial charge is 0.273 e. The number of anilines is 1. The summed E-state index contributed by atoms with van der Waals surface area (Å²) in [5.74, 6) is 1.21. The quantitative estimate of drug-likeness (QED) is 0.528. The Kier molecular flexibility index (Phi) is 4.84. The first-order valence-corrected chi connectivity index (χ1v) is 10.0. The van der Waals surface area contributed by atoms with Crippen molar-refractivity contribution in [3.05, 3.63) is 54.6 Å². The standard InChI is InChI=1S/C21H21N7O2/c29-21(17-12-18(30-26-17)15-6-2-1-3-7-15)22-8-11-28-20-16(13-25-28)19(23-14-24-20)27-9-4-5-10-27/h1-3,6-7,12-14H,4-5,8-11H2,(H,22,29). The Bertz CT molecular complexity index is 1160. The molecule has 0 unspecified atom stereocenters. The molecule has 30 heavy (non-hydrogen) atoms. The van der Waals surface area contributed by atoms with Gasteiger partial charge in [0.2, 0.25) is 0 Å². The molecule has 4 heterocycles. The van der Waals surface area contributed by atoms with Crippen molar-refractivity contribution in [2.24, 2.45) is 0 Å². The van der Waals surface area contributed by atoms with E-state index in [0.717, 1.165) is 35.5 Å². The third-order valence-electron chi connectivity index (χ3n) is 5.23. The molecular weight excluding hydrogens is 382 g/mol. The van der Waals surface area contributed by atoms with Crippen LogP contribution in [0.15, 0.2) is 53.4 Å². The molecule has 9 nitrogen and oxygen atoms in total. The summed E-state index contributed by atoms with van der Waals surface area (Å²) in [6.45, 7) is 2.91. The Morgan fingerprint density at radius 2 is 1.97 bits per heavy atom. The monoisotopic (exact) mass is 403 g/mol. The molecule has 1 aromatic carbocycles. The average molecular weight is 403 g/mol. The number of hydrogen-bond donors (Lipinski definition) is 1. The highest BCUT2D eigenvalue weighted by Crippen LogP contribution is 2.25. The van der Waals surface area contributed by atoms with E-state index in [2.05, 4.69) is 30.4 Å². The molecule has 0 radical (unpaired) electrons. The van der Waals surface area contributed by atoms with Gasteiger partial charge >= 0.3 is 0 Å². The lowest BCUT2D eigenvalue weighted by Gasteiger charge is -2.16. The summed E-state index contributed by atoms with van der Waals surface area (Å²) < 4.78 is 7.08. The van der Waals surface area contributed by atoms with Crippen molar-refractivity contribution in [1.29, 1.82) is 0 Å². The van der Waals surface area contributed by atoms with Crippen LogP contribution in [0.5, 0.6) is 0 Å². The summed E-state index contributed by atoms with van der Waals surface area (Å²) in [6.07, 6.45) is 5.74. The van der Waals surface area contributed by atoms with Crippen molar-refractivity contribution in [3.8, 4) is 11.3 Å². The number of carbonyl (C=O) groups excluding carboxylic acids is 1. The Labute approximate surface area is 172 Å². The van der Waals surface area contributed by atoms with E-state index in [1.807, 2.05) is 30.3 Å². The third-order valence-corrected chi connectivity index (χ3v) is 5.23. The van der Waals surface area contributed by atoms with Crippen LogP contribution in [0.2, 0.25) is 0 Å². The number of fused-ring (bicyclic) bond motifs is 1. The van der Waals surface area contributed by atoms with Gasteiger partial charge in [0.1, 0.15) is 12.1 Å². The van der Waals surface area contributed by atoms with Gasteiger partial charge in [0, 0.05) is 31.3 Å². The van der Waals surface area contributed by atoms with E-state index < -0.39 is 0 Å². The van der Waals surface area contributed by atoms with Crippen molar-refractivity contribution in [2.75, 3.05) is 24.5 Å². The van der Waals surface area contributed by atoms with Gasteiger partial charge in [-0.3, -0.25) is 4.79 Å². The molecule has 0 saturated carbocycles. The molecule has 1 amide bonds. The van der Waals surface area contributed by atoms with Crippen LogP contribution in [0.1, 0.15) is 23.3 Å². The van der Waals surface area contributed by atoms with Crippen molar-refractivity contribution >= 4 is 22.8 Å². The molecular formula is C21H21N7O2. The van der Waals surface area contributed by atoms with Gasteiger partial charge in [-0.2, -0.15) is 5.10 Å². The lowest BCUT2D eigenvalue weighted by molar-refractivity contribution is 0.0943. The zero-order valence-electron chi connectivity index (χ0n) is 16.4. The fourth-order valence-corrected chi connectivity index (χ4v) is 3.71. The second-order valence-corrected chi connectivity index (χ2v) is 7.19. The maximum Gasteiger partial charge on any atom is 0.273 e. The fraction of sp³-hybridized carbons (Fsp3) is 0.286. The largest absolute Gasteiger partial charge is 0.356 e. The second kappa shape index (κ2) is 7.94. The van der Waals surface area contributed by atoms with Crippen molar-refractivity contribution in [3.63, 3.8) is 0 Å². The summed E-state index contributed by atoms with van der Waals surface area (Å²) >= 11 is 0. The summed E-state index contributed by atoms with van der Waals surface area (Å²) in [5, 5.41) is 12.1. The number of hydrogen-bond acceptors (Lipinski definition) is 7. The molecule has 1 N–H and O–H groups in total. The highest BCUT2D eigenvalue weighted by Gasteiger charge is 2.19. The number of nitrogens with one attached hydrogen (secondary N) is 1. The topological polar surface area (TPSA) is 102 Å². The molecule has 1 aliphatic heterocycles. The van der Waals surface area contributed by atoms with Gasteiger partial charge in [0.05, 0.1) is 18.1 Å². The maximum atomic E-state index is 12.4. The Morgan fingerprint density at radius 1 is 1.13 bits per heavy atom. The Balaban J connectivity index is 1.24. The molecule has 5 rings (SSSR count). The molecule has 9 heteroatoms.